The number of aromatic hydroxyl groups is 1. The van der Waals surface area contributed by atoms with E-state index in [4.69, 9.17) is 5.11 Å². The Morgan fingerprint density at radius 1 is 1.13 bits per heavy atom. The number of alkyl halides is 3. The third-order valence-electron chi connectivity index (χ3n) is 4.90. The zero-order chi connectivity index (χ0) is 28.0. The number of halogens is 4. The number of carbonyl (C=O) groups is 3. The fourth-order valence-electron chi connectivity index (χ4n) is 3.25. The number of carbonyl (C=O) groups excluding carboxylic acids is 2. The van der Waals surface area contributed by atoms with Gasteiger partial charge in [-0.3, -0.25) is 14.6 Å². The van der Waals surface area contributed by atoms with Crippen LogP contribution in [0.15, 0.2) is 51.9 Å². The molecule has 3 rings (SSSR count). The van der Waals surface area contributed by atoms with Crippen molar-refractivity contribution in [2.24, 2.45) is 4.99 Å². The van der Waals surface area contributed by atoms with Crippen molar-refractivity contribution in [2.75, 3.05) is 25.0 Å². The Hall–Kier alpha value is -4.11. The number of rotatable bonds is 7. The smallest absolute Gasteiger partial charge is 0.416 e. The number of hydrogen-bond donors (Lipinski definition) is 7. The average Bonchev–Trinajstić information content (AvgIpc) is 2.82. The molecule has 1 aliphatic rings. The molecule has 1 aliphatic heterocycles. The molecule has 202 valence electrons. The van der Waals surface area contributed by atoms with Crippen LogP contribution in [0.5, 0.6) is 5.75 Å². The maximum Gasteiger partial charge on any atom is 0.416 e. The lowest BCUT2D eigenvalue weighted by atomic mass is 10.1. The van der Waals surface area contributed by atoms with Gasteiger partial charge in [0.25, 0.3) is 5.91 Å². The summed E-state index contributed by atoms with van der Waals surface area (Å²) >= 11 is 2.94. The number of phenols is 1. The number of phenolic OH excluding ortho intramolecular Hbond substituents is 1. The molecule has 2 aromatic carbocycles. The number of carboxylic acid groups (broad SMARTS) is 1. The fourth-order valence-corrected chi connectivity index (χ4v) is 3.74. The van der Waals surface area contributed by atoms with Crippen LogP contribution in [0.4, 0.5) is 18.9 Å². The first-order valence-corrected chi connectivity index (χ1v) is 11.6. The molecule has 1 heterocycles. The number of β-amino-alcohol motifs (C(OH)–C–C–N with tert-alkyl or cyclic N) is 1. The minimum atomic E-state index is -4.72. The monoisotopic (exact) mass is 599 g/mol. The molecule has 1 unspecified atom stereocenters. The predicted molar refractivity (Wildman–Crippen MR) is 133 cm³/mol. The Balaban J connectivity index is 1.69. The molecule has 2 aromatic rings. The highest BCUT2D eigenvalue weighted by molar-refractivity contribution is 9.10. The normalized spacial score (nSPS) is 15.7. The van der Waals surface area contributed by atoms with Crippen LogP contribution in [0.2, 0.25) is 0 Å². The van der Waals surface area contributed by atoms with E-state index in [0.29, 0.717) is 18.1 Å². The van der Waals surface area contributed by atoms with Gasteiger partial charge in [-0.05, 0) is 35.9 Å². The third kappa shape index (κ3) is 8.21. The molecule has 0 aliphatic carbocycles. The Kier molecular flexibility index (Phi) is 8.96. The first-order valence-electron chi connectivity index (χ1n) is 10.8. The Morgan fingerprint density at radius 2 is 1.87 bits per heavy atom. The summed E-state index contributed by atoms with van der Waals surface area (Å²) < 4.78 is 39.5. The minimum absolute atomic E-state index is 0.0000304. The molecule has 1 atom stereocenters. The number of aliphatic imine (C=N–C) groups is 1. The second-order valence-electron chi connectivity index (χ2n) is 7.97. The van der Waals surface area contributed by atoms with Crippen molar-refractivity contribution in [3.63, 3.8) is 0 Å². The van der Waals surface area contributed by atoms with Crippen molar-refractivity contribution in [1.29, 1.82) is 0 Å². The van der Waals surface area contributed by atoms with Crippen molar-refractivity contribution in [3.8, 4) is 5.75 Å². The number of benzene rings is 2. The summed E-state index contributed by atoms with van der Waals surface area (Å²) in [4.78, 5) is 40.3. The summed E-state index contributed by atoms with van der Waals surface area (Å²) in [6, 6.07) is 6.46. The van der Waals surface area contributed by atoms with E-state index in [2.05, 4.69) is 42.2 Å². The fraction of sp³-hybridized carbons (Fsp3) is 0.217. The Morgan fingerprint density at radius 3 is 2.50 bits per heavy atom. The van der Waals surface area contributed by atoms with E-state index in [1.54, 1.807) is 0 Å². The number of nitrogens with zero attached hydrogens (tertiary/aromatic N) is 1. The summed E-state index contributed by atoms with van der Waals surface area (Å²) in [5.41, 5.74) is -1.49. The molecule has 0 bridgehead atoms. The van der Waals surface area contributed by atoms with E-state index in [-0.39, 0.29) is 40.1 Å². The second-order valence-corrected chi connectivity index (χ2v) is 8.89. The van der Waals surface area contributed by atoms with Crippen LogP contribution < -0.4 is 21.3 Å². The van der Waals surface area contributed by atoms with Crippen LogP contribution in [-0.4, -0.2) is 64.8 Å². The van der Waals surface area contributed by atoms with E-state index in [9.17, 15) is 37.8 Å². The molecule has 2 amide bonds. The van der Waals surface area contributed by atoms with Crippen LogP contribution in [0.1, 0.15) is 21.5 Å². The third-order valence-corrected chi connectivity index (χ3v) is 5.35. The van der Waals surface area contributed by atoms with Gasteiger partial charge in [0.1, 0.15) is 5.75 Å². The van der Waals surface area contributed by atoms with Gasteiger partial charge >= 0.3 is 12.1 Å². The van der Waals surface area contributed by atoms with Crippen molar-refractivity contribution in [2.45, 2.75) is 12.3 Å². The maximum atomic E-state index is 13.2. The molecule has 0 fully saturated rings. The summed E-state index contributed by atoms with van der Waals surface area (Å²) in [6.45, 7) is -0.254. The van der Waals surface area contributed by atoms with Gasteiger partial charge in [-0.15, -0.1) is 0 Å². The van der Waals surface area contributed by atoms with Gasteiger partial charge in [0.15, 0.2) is 5.96 Å². The lowest BCUT2D eigenvalue weighted by Crippen LogP contribution is -2.42. The van der Waals surface area contributed by atoms with Gasteiger partial charge in [-0.2, -0.15) is 13.2 Å². The minimum Gasteiger partial charge on any atom is -0.508 e. The topological polar surface area (TPSA) is 172 Å². The number of anilines is 1. The predicted octanol–water partition coefficient (Wildman–Crippen LogP) is 1.88. The van der Waals surface area contributed by atoms with Gasteiger partial charge in [-0.1, -0.05) is 15.9 Å². The maximum absolute atomic E-state index is 13.2. The largest absolute Gasteiger partial charge is 0.508 e. The highest BCUT2D eigenvalue weighted by Crippen LogP contribution is 2.33. The highest BCUT2D eigenvalue weighted by Gasteiger charge is 2.31. The summed E-state index contributed by atoms with van der Waals surface area (Å²) in [7, 11) is 0. The van der Waals surface area contributed by atoms with Crippen molar-refractivity contribution in [3.05, 3.63) is 63.6 Å². The van der Waals surface area contributed by atoms with Crippen molar-refractivity contribution < 1.29 is 42.9 Å². The number of hydrogen-bond acceptors (Lipinski definition) is 8. The van der Waals surface area contributed by atoms with Crippen LogP contribution in [0.3, 0.4) is 0 Å². The van der Waals surface area contributed by atoms with Gasteiger partial charge < -0.3 is 36.6 Å². The molecule has 38 heavy (non-hydrogen) atoms. The van der Waals surface area contributed by atoms with Crippen molar-refractivity contribution in [1.82, 2.24) is 16.0 Å². The van der Waals surface area contributed by atoms with Crippen LogP contribution in [0, 0.1) is 0 Å². The summed E-state index contributed by atoms with van der Waals surface area (Å²) in [5, 5.41) is 38.7. The summed E-state index contributed by atoms with van der Waals surface area (Å²) in [5.74, 6) is -3.19. The van der Waals surface area contributed by atoms with Gasteiger partial charge in [0.2, 0.25) is 5.91 Å². The zero-order valence-corrected chi connectivity index (χ0v) is 20.9. The average molecular weight is 600 g/mol. The number of nitrogens with one attached hydrogen (secondary N) is 4. The number of guanidine groups is 1. The molecule has 0 saturated carbocycles. The number of aliphatic hydroxyl groups excluding tert-OH is 1. The SMILES string of the molecule is O=C(O)/C=C(/NC(=O)CNC(=O)c1cc(O)cc(NC2=NCC(O)CN2)c1)c1cc(Br)cc(C(F)(F)F)c1. The highest BCUT2D eigenvalue weighted by atomic mass is 79.9. The quantitative estimate of drug-likeness (QED) is 0.236. The van der Waals surface area contributed by atoms with Gasteiger partial charge in [-0.25, -0.2) is 4.79 Å². The molecule has 0 aromatic heterocycles. The lowest BCUT2D eigenvalue weighted by molar-refractivity contribution is -0.137. The molecule has 11 nitrogen and oxygen atoms in total. The molecule has 0 radical (unpaired) electrons. The van der Waals surface area contributed by atoms with E-state index >= 15 is 0 Å². The number of amides is 2. The molecule has 15 heteroatoms. The Bertz CT molecular complexity index is 1310. The molecule has 0 saturated heterocycles. The molecule has 0 spiro atoms. The molecule has 7 N–H and O–H groups in total. The standard InChI is InChI=1S/C23H21BrF3N5O6/c24-14-2-11(1-13(5-14)23(25,26)27)18(7-20(36)37)32-19(35)10-28-21(38)12-3-15(6-16(33)4-12)31-22-29-8-17(34)9-30-22/h1-7,17,33-34H,8-10H2,(H,28,38)(H,32,35)(H,36,37)(H2,29,30,31)/b18-7+. The van der Waals surface area contributed by atoms with Gasteiger partial charge in [0, 0.05) is 34.4 Å². The first kappa shape index (κ1) is 28.5. The van der Waals surface area contributed by atoms with E-state index in [1.807, 2.05) is 0 Å². The number of aliphatic carboxylic acids is 1. The van der Waals surface area contributed by atoms with Crippen LogP contribution >= 0.6 is 15.9 Å². The first-order chi connectivity index (χ1) is 17.8. The van der Waals surface area contributed by atoms with E-state index < -0.39 is 47.9 Å². The number of carboxylic acids is 1. The zero-order valence-electron chi connectivity index (χ0n) is 19.3. The number of aliphatic hydroxyl groups is 1. The van der Waals surface area contributed by atoms with E-state index in [0.717, 1.165) is 12.1 Å². The van der Waals surface area contributed by atoms with Crippen LogP contribution in [0.25, 0.3) is 5.70 Å². The molecular weight excluding hydrogens is 579 g/mol. The lowest BCUT2D eigenvalue weighted by Gasteiger charge is -2.20. The Labute approximate surface area is 221 Å². The molecular formula is C23H21BrF3N5O6. The van der Waals surface area contributed by atoms with Crippen molar-refractivity contribution >= 4 is 51.1 Å². The van der Waals surface area contributed by atoms with Gasteiger partial charge in [0.05, 0.1) is 30.5 Å². The summed E-state index contributed by atoms with van der Waals surface area (Å²) in [6.07, 6.45) is -4.84. The van der Waals surface area contributed by atoms with Crippen LogP contribution in [-0.2, 0) is 15.8 Å². The van der Waals surface area contributed by atoms with E-state index in [1.165, 1.54) is 18.2 Å². The second kappa shape index (κ2) is 12.0.